The summed E-state index contributed by atoms with van der Waals surface area (Å²) >= 11 is 0. The number of fused-ring (bicyclic) bond motifs is 1. The molecule has 0 aliphatic carbocycles. The third-order valence-electron chi connectivity index (χ3n) is 3.03. The minimum Gasteiger partial charge on any atom is -0.398 e. The van der Waals surface area contributed by atoms with Crippen LogP contribution in [0.3, 0.4) is 0 Å². The monoisotopic (exact) mass is 228 g/mol. The molecule has 0 atom stereocenters. The Kier molecular flexibility index (Phi) is 3.62. The SMILES string of the molecule is CCCc1cc(N)c2cccc(CCC)c2n1. The number of para-hydroxylation sites is 1. The fourth-order valence-electron chi connectivity index (χ4n) is 2.24. The zero-order valence-electron chi connectivity index (χ0n) is 10.7. The van der Waals surface area contributed by atoms with Crippen molar-refractivity contribution in [1.29, 1.82) is 0 Å². The lowest BCUT2D eigenvalue weighted by Gasteiger charge is -2.09. The second-order valence-corrected chi connectivity index (χ2v) is 4.52. The highest BCUT2D eigenvalue weighted by atomic mass is 14.7. The van der Waals surface area contributed by atoms with Crippen LogP contribution in [0.15, 0.2) is 24.3 Å². The number of nitrogens with zero attached hydrogens (tertiary/aromatic N) is 1. The predicted molar refractivity (Wildman–Crippen MR) is 74.1 cm³/mol. The molecule has 0 unspecified atom stereocenters. The first kappa shape index (κ1) is 11.9. The smallest absolute Gasteiger partial charge is 0.0757 e. The Labute approximate surface area is 103 Å². The normalized spacial score (nSPS) is 10.9. The van der Waals surface area contributed by atoms with Gasteiger partial charge in [0.2, 0.25) is 0 Å². The topological polar surface area (TPSA) is 38.9 Å². The summed E-state index contributed by atoms with van der Waals surface area (Å²) in [7, 11) is 0. The zero-order chi connectivity index (χ0) is 12.3. The molecule has 2 nitrogen and oxygen atoms in total. The number of benzene rings is 1. The van der Waals surface area contributed by atoms with Crippen LogP contribution < -0.4 is 5.73 Å². The van der Waals surface area contributed by atoms with E-state index in [4.69, 9.17) is 10.7 Å². The Hall–Kier alpha value is -1.57. The van der Waals surface area contributed by atoms with Gasteiger partial charge in [-0.1, -0.05) is 44.9 Å². The van der Waals surface area contributed by atoms with E-state index in [0.717, 1.165) is 48.0 Å². The van der Waals surface area contributed by atoms with Crippen molar-refractivity contribution in [2.45, 2.75) is 39.5 Å². The van der Waals surface area contributed by atoms with Gasteiger partial charge in [-0.15, -0.1) is 0 Å². The van der Waals surface area contributed by atoms with Gasteiger partial charge in [-0.05, 0) is 24.5 Å². The predicted octanol–water partition coefficient (Wildman–Crippen LogP) is 3.72. The fourth-order valence-corrected chi connectivity index (χ4v) is 2.24. The summed E-state index contributed by atoms with van der Waals surface area (Å²) in [5, 5.41) is 1.09. The van der Waals surface area contributed by atoms with E-state index in [2.05, 4.69) is 32.0 Å². The first-order valence-electron chi connectivity index (χ1n) is 6.43. The molecule has 0 amide bonds. The molecule has 1 aromatic carbocycles. The summed E-state index contributed by atoms with van der Waals surface area (Å²) in [4.78, 5) is 4.76. The van der Waals surface area contributed by atoms with E-state index >= 15 is 0 Å². The Balaban J connectivity index is 2.60. The van der Waals surface area contributed by atoms with E-state index in [0.29, 0.717) is 0 Å². The standard InChI is InChI=1S/C15H20N2/c1-3-6-11-8-5-9-13-14(16)10-12(7-4-2)17-15(11)13/h5,8-10H,3-4,6-7H2,1-2H3,(H2,16,17). The summed E-state index contributed by atoms with van der Waals surface area (Å²) in [5.74, 6) is 0. The number of aryl methyl sites for hydroxylation is 2. The first-order chi connectivity index (χ1) is 8.26. The van der Waals surface area contributed by atoms with Gasteiger partial charge < -0.3 is 5.73 Å². The van der Waals surface area contributed by atoms with Gasteiger partial charge in [0.05, 0.1) is 5.52 Å². The minimum atomic E-state index is 0.858. The minimum absolute atomic E-state index is 0.858. The van der Waals surface area contributed by atoms with E-state index in [1.54, 1.807) is 0 Å². The number of anilines is 1. The molecule has 0 radical (unpaired) electrons. The van der Waals surface area contributed by atoms with E-state index in [1.165, 1.54) is 5.56 Å². The van der Waals surface area contributed by atoms with Crippen molar-refractivity contribution in [1.82, 2.24) is 4.98 Å². The van der Waals surface area contributed by atoms with Crippen LogP contribution in [0, 0.1) is 0 Å². The number of pyridine rings is 1. The molecular weight excluding hydrogens is 208 g/mol. The van der Waals surface area contributed by atoms with Gasteiger partial charge in [-0.3, -0.25) is 4.98 Å². The van der Waals surface area contributed by atoms with E-state index in [1.807, 2.05) is 6.07 Å². The maximum atomic E-state index is 6.11. The highest BCUT2D eigenvalue weighted by Crippen LogP contribution is 2.24. The second kappa shape index (κ2) is 5.17. The van der Waals surface area contributed by atoms with Gasteiger partial charge in [-0.25, -0.2) is 0 Å². The van der Waals surface area contributed by atoms with E-state index in [9.17, 15) is 0 Å². The number of aromatic nitrogens is 1. The number of rotatable bonds is 4. The molecule has 0 saturated carbocycles. The van der Waals surface area contributed by atoms with Crippen molar-refractivity contribution in [3.05, 3.63) is 35.5 Å². The number of nitrogen functional groups attached to an aromatic ring is 1. The lowest BCUT2D eigenvalue weighted by atomic mass is 10.0. The summed E-state index contributed by atoms with van der Waals surface area (Å²) in [6.45, 7) is 4.36. The summed E-state index contributed by atoms with van der Waals surface area (Å²) in [5.41, 5.74) is 10.5. The number of hydrogen-bond donors (Lipinski definition) is 1. The molecule has 90 valence electrons. The highest BCUT2D eigenvalue weighted by Gasteiger charge is 2.06. The van der Waals surface area contributed by atoms with Gasteiger partial charge in [-0.2, -0.15) is 0 Å². The molecule has 2 rings (SSSR count). The van der Waals surface area contributed by atoms with Gasteiger partial charge in [0.1, 0.15) is 0 Å². The van der Waals surface area contributed by atoms with E-state index in [-0.39, 0.29) is 0 Å². The summed E-state index contributed by atoms with van der Waals surface area (Å²) in [6, 6.07) is 8.31. The average molecular weight is 228 g/mol. The van der Waals surface area contributed by atoms with Crippen molar-refractivity contribution in [3.8, 4) is 0 Å². The van der Waals surface area contributed by atoms with Crippen LogP contribution in [0.25, 0.3) is 10.9 Å². The van der Waals surface area contributed by atoms with Crippen LogP contribution >= 0.6 is 0 Å². The van der Waals surface area contributed by atoms with Crippen LogP contribution in [-0.4, -0.2) is 4.98 Å². The molecule has 0 saturated heterocycles. The quantitative estimate of drug-likeness (QED) is 0.866. The van der Waals surface area contributed by atoms with Crippen molar-refractivity contribution >= 4 is 16.6 Å². The third-order valence-corrected chi connectivity index (χ3v) is 3.03. The van der Waals surface area contributed by atoms with Crippen LogP contribution in [0.5, 0.6) is 0 Å². The van der Waals surface area contributed by atoms with E-state index < -0.39 is 0 Å². The molecule has 0 aliphatic heterocycles. The largest absolute Gasteiger partial charge is 0.398 e. The van der Waals surface area contributed by atoms with Crippen molar-refractivity contribution in [2.24, 2.45) is 0 Å². The lowest BCUT2D eigenvalue weighted by molar-refractivity contribution is 0.884. The molecule has 0 fully saturated rings. The molecule has 17 heavy (non-hydrogen) atoms. The van der Waals surface area contributed by atoms with Crippen LogP contribution in [-0.2, 0) is 12.8 Å². The Morgan fingerprint density at radius 3 is 2.59 bits per heavy atom. The molecule has 0 aliphatic rings. The Morgan fingerprint density at radius 2 is 1.88 bits per heavy atom. The average Bonchev–Trinajstić information content (AvgIpc) is 2.31. The fraction of sp³-hybridized carbons (Fsp3) is 0.400. The molecule has 2 heteroatoms. The number of nitrogens with two attached hydrogens (primary N) is 1. The highest BCUT2D eigenvalue weighted by molar-refractivity contribution is 5.92. The van der Waals surface area contributed by atoms with Gasteiger partial charge in [0.25, 0.3) is 0 Å². The Morgan fingerprint density at radius 1 is 1.12 bits per heavy atom. The second-order valence-electron chi connectivity index (χ2n) is 4.52. The molecular formula is C15H20N2. The summed E-state index contributed by atoms with van der Waals surface area (Å²) < 4.78 is 0. The lowest BCUT2D eigenvalue weighted by Crippen LogP contribution is -1.98. The molecule has 2 N–H and O–H groups in total. The third kappa shape index (κ3) is 2.41. The molecule has 0 bridgehead atoms. The number of hydrogen-bond acceptors (Lipinski definition) is 2. The molecule has 0 spiro atoms. The van der Waals surface area contributed by atoms with Gasteiger partial charge in [0.15, 0.2) is 0 Å². The maximum absolute atomic E-state index is 6.11. The van der Waals surface area contributed by atoms with Crippen LogP contribution in [0.4, 0.5) is 5.69 Å². The molecule has 2 aromatic rings. The Bertz CT molecular complexity index is 518. The molecule has 1 aromatic heterocycles. The first-order valence-corrected chi connectivity index (χ1v) is 6.43. The van der Waals surface area contributed by atoms with Gasteiger partial charge >= 0.3 is 0 Å². The summed E-state index contributed by atoms with van der Waals surface area (Å²) in [6.07, 6.45) is 4.31. The maximum Gasteiger partial charge on any atom is 0.0757 e. The van der Waals surface area contributed by atoms with Gasteiger partial charge in [0, 0.05) is 16.8 Å². The zero-order valence-corrected chi connectivity index (χ0v) is 10.7. The van der Waals surface area contributed by atoms with Crippen LogP contribution in [0.2, 0.25) is 0 Å². The van der Waals surface area contributed by atoms with Crippen molar-refractivity contribution in [3.63, 3.8) is 0 Å². The van der Waals surface area contributed by atoms with Crippen LogP contribution in [0.1, 0.15) is 37.9 Å². The van der Waals surface area contributed by atoms with Crippen molar-refractivity contribution in [2.75, 3.05) is 5.73 Å². The molecule has 1 heterocycles. The van der Waals surface area contributed by atoms with Crippen molar-refractivity contribution < 1.29 is 0 Å².